The molecule has 0 spiro atoms. The first-order valence-electron chi connectivity index (χ1n) is 4.54. The summed E-state index contributed by atoms with van der Waals surface area (Å²) in [6.45, 7) is 0. The third kappa shape index (κ3) is 1.13. The fraction of sp³-hybridized carbons (Fsp3) is 0. The van der Waals surface area contributed by atoms with Crippen molar-refractivity contribution >= 4 is 30.0 Å². The molecule has 0 radical (unpaired) electrons. The van der Waals surface area contributed by atoms with Gasteiger partial charge in [-0.1, -0.05) is 12.1 Å². The van der Waals surface area contributed by atoms with Gasteiger partial charge in [0.2, 0.25) is 0 Å². The van der Waals surface area contributed by atoms with Crippen molar-refractivity contribution in [3.8, 4) is 5.75 Å². The number of hydrogen-bond donors (Lipinski definition) is 0. The lowest BCUT2D eigenvalue weighted by atomic mass is 10.0. The highest BCUT2D eigenvalue weighted by molar-refractivity contribution is 6.17. The van der Waals surface area contributed by atoms with Crippen LogP contribution in [-0.2, 0) is 9.59 Å². The summed E-state index contributed by atoms with van der Waals surface area (Å²) in [5.74, 6) is 0.0792. The Balaban J connectivity index is 2.48. The molecule has 0 saturated carbocycles. The summed E-state index contributed by atoms with van der Waals surface area (Å²) in [6, 6.07) is 3.57. The molecule has 1 aromatic carbocycles. The monoisotopic (exact) mass is 198 g/mol. The van der Waals surface area contributed by atoms with Crippen LogP contribution in [0.3, 0.4) is 0 Å². The van der Waals surface area contributed by atoms with E-state index in [0.29, 0.717) is 11.0 Å². The minimum absolute atomic E-state index is 0.0661. The second-order valence-electron chi connectivity index (χ2n) is 3.43. The quantitative estimate of drug-likeness (QED) is 0.427. The maximum Gasteiger partial charge on any atom is 0.336 e. The van der Waals surface area contributed by atoms with Gasteiger partial charge in [-0.2, -0.15) is 0 Å². The first kappa shape index (κ1) is 8.17. The average molecular weight is 198 g/mol. The van der Waals surface area contributed by atoms with Gasteiger partial charge in [0.25, 0.3) is 0 Å². The van der Waals surface area contributed by atoms with Gasteiger partial charge in [-0.15, -0.1) is 0 Å². The van der Waals surface area contributed by atoms with Gasteiger partial charge in [0.1, 0.15) is 5.75 Å². The van der Waals surface area contributed by atoms with Crippen LogP contribution < -0.4 is 15.2 Å². The lowest BCUT2D eigenvalue weighted by molar-refractivity contribution is -0.126. The van der Waals surface area contributed by atoms with Crippen molar-refractivity contribution in [2.24, 2.45) is 0 Å². The zero-order valence-corrected chi connectivity index (χ0v) is 7.69. The molecule has 1 aromatic rings. The molecule has 1 aliphatic carbocycles. The number of carbonyl (C=O) groups is 2. The maximum atomic E-state index is 11.2. The lowest BCUT2D eigenvalue weighted by Gasteiger charge is -2.02. The topological polar surface area (TPSA) is 43.4 Å². The normalized spacial score (nSPS) is 16.3. The fourth-order valence-corrected chi connectivity index (χ4v) is 1.80. The molecule has 0 atom stereocenters. The van der Waals surface area contributed by atoms with Gasteiger partial charge in [-0.05, 0) is 29.0 Å². The van der Waals surface area contributed by atoms with E-state index in [4.69, 9.17) is 4.74 Å². The van der Waals surface area contributed by atoms with E-state index < -0.39 is 0 Å². The van der Waals surface area contributed by atoms with E-state index in [2.05, 4.69) is 0 Å². The van der Waals surface area contributed by atoms with Crippen molar-refractivity contribution in [1.29, 1.82) is 0 Å². The number of hydrogen-bond acceptors (Lipinski definition) is 3. The number of esters is 1. The van der Waals surface area contributed by atoms with E-state index in [1.54, 1.807) is 12.1 Å². The molecule has 2 aliphatic rings. The Kier molecular flexibility index (Phi) is 1.45. The summed E-state index contributed by atoms with van der Waals surface area (Å²) in [7, 11) is 0. The Bertz CT molecular complexity index is 636. The van der Waals surface area contributed by atoms with E-state index in [0.717, 1.165) is 10.8 Å². The number of fused-ring (bicyclic) bond motifs is 3. The van der Waals surface area contributed by atoms with Crippen LogP contribution >= 0.6 is 0 Å². The zero-order valence-electron chi connectivity index (χ0n) is 7.69. The Morgan fingerprint density at radius 1 is 0.933 bits per heavy atom. The van der Waals surface area contributed by atoms with Gasteiger partial charge in [0.05, 0.1) is 0 Å². The summed E-state index contributed by atoms with van der Waals surface area (Å²) in [5.41, 5.74) is 0.933. The van der Waals surface area contributed by atoms with Gasteiger partial charge in [0, 0.05) is 11.3 Å². The summed E-state index contributed by atoms with van der Waals surface area (Å²) in [6.07, 6.45) is 6.19. The van der Waals surface area contributed by atoms with Crippen LogP contribution in [-0.4, -0.2) is 11.8 Å². The molecule has 72 valence electrons. The molecular weight excluding hydrogens is 192 g/mol. The van der Waals surface area contributed by atoms with Crippen LogP contribution in [0.4, 0.5) is 0 Å². The number of rotatable bonds is 0. The van der Waals surface area contributed by atoms with Crippen LogP contribution in [0.2, 0.25) is 0 Å². The number of carbonyl (C=O) groups excluding carboxylic acids is 2. The number of ketones is 1. The molecule has 0 aromatic heterocycles. The molecule has 0 unspecified atom stereocenters. The van der Waals surface area contributed by atoms with Crippen LogP contribution in [0.25, 0.3) is 18.2 Å². The van der Waals surface area contributed by atoms with Crippen molar-refractivity contribution in [2.75, 3.05) is 0 Å². The van der Waals surface area contributed by atoms with Crippen LogP contribution in [0.15, 0.2) is 18.2 Å². The van der Waals surface area contributed by atoms with Gasteiger partial charge in [-0.25, -0.2) is 4.79 Å². The van der Waals surface area contributed by atoms with Gasteiger partial charge >= 0.3 is 5.97 Å². The second-order valence-corrected chi connectivity index (χ2v) is 3.43. The second kappa shape index (κ2) is 2.67. The number of ether oxygens (including phenoxy) is 1. The fourth-order valence-electron chi connectivity index (χ4n) is 1.80. The molecule has 0 N–H and O–H groups in total. The predicted molar refractivity (Wildman–Crippen MR) is 54.3 cm³/mol. The Morgan fingerprint density at radius 3 is 2.67 bits per heavy atom. The first-order chi connectivity index (χ1) is 7.24. The highest BCUT2D eigenvalue weighted by atomic mass is 16.5. The zero-order chi connectivity index (χ0) is 10.4. The van der Waals surface area contributed by atoms with Crippen molar-refractivity contribution < 1.29 is 14.3 Å². The smallest absolute Gasteiger partial charge is 0.336 e. The first-order valence-corrected chi connectivity index (χ1v) is 4.54. The number of allylic oxidation sites excluding steroid dienone is 1. The molecule has 1 aliphatic heterocycles. The highest BCUT2D eigenvalue weighted by Crippen LogP contribution is 2.10. The summed E-state index contributed by atoms with van der Waals surface area (Å²) in [4.78, 5) is 22.3. The molecule has 3 nitrogen and oxygen atoms in total. The summed E-state index contributed by atoms with van der Waals surface area (Å²) < 4.78 is 4.96. The van der Waals surface area contributed by atoms with E-state index in [1.165, 1.54) is 18.2 Å². The Hall–Kier alpha value is -2.16. The molecule has 0 saturated heterocycles. The minimum Gasteiger partial charge on any atom is -0.423 e. The van der Waals surface area contributed by atoms with Crippen LogP contribution in [0.1, 0.15) is 5.56 Å². The largest absolute Gasteiger partial charge is 0.423 e. The van der Waals surface area contributed by atoms with E-state index in [1.807, 2.05) is 6.07 Å². The lowest BCUT2D eigenvalue weighted by Crippen LogP contribution is -2.29. The molecule has 0 amide bonds. The number of benzene rings is 1. The molecule has 3 heteroatoms. The predicted octanol–water partition coefficient (Wildman–Crippen LogP) is -0.238. The summed E-state index contributed by atoms with van der Waals surface area (Å²) >= 11 is 0. The molecule has 0 fully saturated rings. The highest BCUT2D eigenvalue weighted by Gasteiger charge is 2.15. The van der Waals surface area contributed by atoms with Gasteiger partial charge in [-0.3, -0.25) is 4.79 Å². The SMILES string of the molecule is O=C1C=Cc2ccc3c(c2=C1)=CC(=O)O3. The van der Waals surface area contributed by atoms with E-state index >= 15 is 0 Å². The van der Waals surface area contributed by atoms with Gasteiger partial charge in [0.15, 0.2) is 5.78 Å². The Morgan fingerprint density at radius 2 is 1.80 bits per heavy atom. The average Bonchev–Trinajstić information content (AvgIpc) is 2.58. The van der Waals surface area contributed by atoms with Crippen LogP contribution in [0.5, 0.6) is 5.75 Å². The van der Waals surface area contributed by atoms with Gasteiger partial charge < -0.3 is 4.74 Å². The van der Waals surface area contributed by atoms with Crippen molar-refractivity contribution in [3.05, 3.63) is 34.2 Å². The molecule has 15 heavy (non-hydrogen) atoms. The third-order valence-corrected chi connectivity index (χ3v) is 2.47. The van der Waals surface area contributed by atoms with Crippen molar-refractivity contribution in [2.45, 2.75) is 0 Å². The molecule has 0 bridgehead atoms. The minimum atomic E-state index is -0.381. The Labute approximate surface area is 85.0 Å². The van der Waals surface area contributed by atoms with Crippen LogP contribution in [0, 0.1) is 0 Å². The van der Waals surface area contributed by atoms with E-state index in [9.17, 15) is 9.59 Å². The maximum absolute atomic E-state index is 11.2. The van der Waals surface area contributed by atoms with E-state index in [-0.39, 0.29) is 11.8 Å². The summed E-state index contributed by atoms with van der Waals surface area (Å²) in [5, 5.41) is 1.47. The molecule has 3 rings (SSSR count). The molecular formula is C12H6O3. The van der Waals surface area contributed by atoms with Crippen molar-refractivity contribution in [1.82, 2.24) is 0 Å². The molecule has 1 heterocycles. The van der Waals surface area contributed by atoms with Crippen molar-refractivity contribution in [3.63, 3.8) is 0 Å². The standard InChI is InChI=1S/C12H6O3/c13-8-3-1-7-2-4-11-10(9(7)5-8)6-12(14)15-11/h1-6H. The third-order valence-electron chi connectivity index (χ3n) is 2.47.